The minimum Gasteiger partial charge on any atom is -0.336 e. The first kappa shape index (κ1) is 19.6. The summed E-state index contributed by atoms with van der Waals surface area (Å²) >= 11 is 0. The van der Waals surface area contributed by atoms with Crippen LogP contribution in [0.1, 0.15) is 49.0 Å². The molecule has 1 heterocycles. The summed E-state index contributed by atoms with van der Waals surface area (Å²) in [5.41, 5.74) is 1.85. The summed E-state index contributed by atoms with van der Waals surface area (Å²) in [5, 5.41) is -0.472. The smallest absolute Gasteiger partial charge is 0.254 e. The summed E-state index contributed by atoms with van der Waals surface area (Å²) in [4.78, 5) is 15.2. The number of likely N-dealkylation sites (tertiary alicyclic amines) is 1. The van der Waals surface area contributed by atoms with Crippen molar-refractivity contribution < 1.29 is 13.2 Å². The van der Waals surface area contributed by atoms with Crippen LogP contribution in [0.2, 0.25) is 0 Å². The van der Waals surface area contributed by atoms with Crippen molar-refractivity contribution in [1.29, 1.82) is 0 Å². The number of rotatable bonds is 6. The molecule has 0 N–H and O–H groups in total. The highest BCUT2D eigenvalue weighted by molar-refractivity contribution is 7.92. The summed E-state index contributed by atoms with van der Waals surface area (Å²) < 4.78 is 24.5. The summed E-state index contributed by atoms with van der Waals surface area (Å²) in [6, 6.07) is 17.0. The molecule has 0 radical (unpaired) electrons. The molecule has 1 atom stereocenters. The molecule has 4 nitrogen and oxygen atoms in total. The Morgan fingerprint density at radius 2 is 1.74 bits per heavy atom. The van der Waals surface area contributed by atoms with Gasteiger partial charge in [-0.15, -0.1) is 0 Å². The fraction of sp³-hybridized carbons (Fsp3) is 0.409. The molecule has 5 heteroatoms. The van der Waals surface area contributed by atoms with Crippen molar-refractivity contribution in [2.45, 2.75) is 55.7 Å². The van der Waals surface area contributed by atoms with E-state index in [-0.39, 0.29) is 16.8 Å². The van der Waals surface area contributed by atoms with Gasteiger partial charge < -0.3 is 4.90 Å². The van der Waals surface area contributed by atoms with Gasteiger partial charge in [0.05, 0.1) is 10.1 Å². The van der Waals surface area contributed by atoms with Gasteiger partial charge in [-0.2, -0.15) is 0 Å². The van der Waals surface area contributed by atoms with Gasteiger partial charge >= 0.3 is 0 Å². The first-order valence-electron chi connectivity index (χ1n) is 9.58. The number of nitrogens with zero attached hydrogens (tertiary/aromatic N) is 1. The second-order valence-electron chi connectivity index (χ2n) is 7.44. The van der Waals surface area contributed by atoms with Crippen LogP contribution in [0.4, 0.5) is 0 Å². The van der Waals surface area contributed by atoms with Crippen molar-refractivity contribution in [2.24, 2.45) is 0 Å². The van der Waals surface area contributed by atoms with E-state index in [0.29, 0.717) is 5.56 Å². The Balaban J connectivity index is 1.69. The Morgan fingerprint density at radius 1 is 1.07 bits per heavy atom. The maximum Gasteiger partial charge on any atom is 0.254 e. The van der Waals surface area contributed by atoms with Crippen molar-refractivity contribution in [2.75, 3.05) is 6.54 Å². The monoisotopic (exact) mass is 385 g/mol. The van der Waals surface area contributed by atoms with E-state index in [2.05, 4.69) is 12.1 Å². The molecule has 144 valence electrons. The van der Waals surface area contributed by atoms with Gasteiger partial charge in [0.25, 0.3) is 5.91 Å². The fourth-order valence-corrected chi connectivity index (χ4v) is 4.67. The number of benzene rings is 2. The van der Waals surface area contributed by atoms with E-state index < -0.39 is 15.1 Å². The van der Waals surface area contributed by atoms with Crippen LogP contribution < -0.4 is 0 Å². The summed E-state index contributed by atoms with van der Waals surface area (Å²) in [5.74, 6) is -0.000874. The first-order chi connectivity index (χ1) is 12.9. The van der Waals surface area contributed by atoms with E-state index in [1.54, 1.807) is 38.1 Å². The molecule has 0 spiro atoms. The normalized spacial score (nSPS) is 17.4. The number of hydrogen-bond acceptors (Lipinski definition) is 3. The second-order valence-corrected chi connectivity index (χ2v) is 9.94. The van der Waals surface area contributed by atoms with Crippen LogP contribution in [0.3, 0.4) is 0 Å². The first-order valence-corrected chi connectivity index (χ1v) is 11.1. The van der Waals surface area contributed by atoms with E-state index in [0.717, 1.165) is 32.2 Å². The molecule has 1 amide bonds. The molecule has 2 aromatic carbocycles. The van der Waals surface area contributed by atoms with Gasteiger partial charge in [-0.25, -0.2) is 8.42 Å². The average molecular weight is 386 g/mol. The third kappa shape index (κ3) is 4.41. The van der Waals surface area contributed by atoms with Gasteiger partial charge in [0.15, 0.2) is 9.84 Å². The SMILES string of the molecule is CC(C)S(=O)(=O)c1ccc(C(=O)N2CCCC2CCc2ccccc2)cc1. The van der Waals surface area contributed by atoms with Crippen LogP contribution >= 0.6 is 0 Å². The Bertz CT molecular complexity index is 874. The number of hydrogen-bond donors (Lipinski definition) is 0. The standard InChI is InChI=1S/C22H27NO3S/c1-17(2)27(25,26)21-14-11-19(12-15-21)22(24)23-16-6-9-20(23)13-10-18-7-4-3-5-8-18/h3-5,7-8,11-12,14-15,17,20H,6,9-10,13,16H2,1-2H3. The molecule has 1 aliphatic heterocycles. The molecule has 1 saturated heterocycles. The number of aryl methyl sites for hydroxylation is 1. The molecular formula is C22H27NO3S. The zero-order valence-electron chi connectivity index (χ0n) is 16.0. The molecule has 0 aliphatic carbocycles. The minimum atomic E-state index is -3.31. The van der Waals surface area contributed by atoms with Crippen LogP contribution in [0, 0.1) is 0 Å². The lowest BCUT2D eigenvalue weighted by Crippen LogP contribution is -2.35. The Labute approximate surface area is 162 Å². The van der Waals surface area contributed by atoms with Gasteiger partial charge in [-0.1, -0.05) is 30.3 Å². The number of carbonyl (C=O) groups is 1. The molecule has 1 unspecified atom stereocenters. The van der Waals surface area contributed by atoms with Gasteiger partial charge in [0.2, 0.25) is 0 Å². The minimum absolute atomic E-state index is 0.000874. The van der Waals surface area contributed by atoms with E-state index in [9.17, 15) is 13.2 Å². The van der Waals surface area contributed by atoms with Crippen molar-refractivity contribution in [1.82, 2.24) is 4.90 Å². The lowest BCUT2D eigenvalue weighted by molar-refractivity contribution is 0.0730. The van der Waals surface area contributed by atoms with Crippen LogP contribution in [-0.2, 0) is 16.3 Å². The van der Waals surface area contributed by atoms with Gasteiger partial charge in [-0.05, 0) is 69.4 Å². The van der Waals surface area contributed by atoms with E-state index >= 15 is 0 Å². The second kappa shape index (κ2) is 8.26. The quantitative estimate of drug-likeness (QED) is 0.752. The third-order valence-corrected chi connectivity index (χ3v) is 7.47. The van der Waals surface area contributed by atoms with Gasteiger partial charge in [0, 0.05) is 18.2 Å². The van der Waals surface area contributed by atoms with Gasteiger partial charge in [-0.3, -0.25) is 4.79 Å². The summed E-state index contributed by atoms with van der Waals surface area (Å²) in [6.07, 6.45) is 3.96. The summed E-state index contributed by atoms with van der Waals surface area (Å²) in [6.45, 7) is 4.09. The predicted octanol–water partition coefficient (Wildman–Crippen LogP) is 4.11. The van der Waals surface area contributed by atoms with E-state index in [1.165, 1.54) is 5.56 Å². The highest BCUT2D eigenvalue weighted by atomic mass is 32.2. The average Bonchev–Trinajstić information content (AvgIpc) is 3.15. The third-order valence-electron chi connectivity index (χ3n) is 5.30. The zero-order valence-corrected chi connectivity index (χ0v) is 16.8. The van der Waals surface area contributed by atoms with Crippen LogP contribution in [-0.4, -0.2) is 37.1 Å². The lowest BCUT2D eigenvalue weighted by Gasteiger charge is -2.25. The van der Waals surface area contributed by atoms with Crippen LogP contribution in [0.25, 0.3) is 0 Å². The maximum atomic E-state index is 12.9. The Morgan fingerprint density at radius 3 is 2.37 bits per heavy atom. The van der Waals surface area contributed by atoms with Crippen molar-refractivity contribution in [3.8, 4) is 0 Å². The predicted molar refractivity (Wildman–Crippen MR) is 108 cm³/mol. The number of sulfone groups is 1. The van der Waals surface area contributed by atoms with E-state index in [4.69, 9.17) is 0 Å². The molecule has 0 aromatic heterocycles. The maximum absolute atomic E-state index is 12.9. The molecule has 1 fully saturated rings. The van der Waals surface area contributed by atoms with Crippen molar-refractivity contribution in [3.63, 3.8) is 0 Å². The van der Waals surface area contributed by atoms with Crippen LogP contribution in [0.15, 0.2) is 59.5 Å². The molecular weight excluding hydrogens is 358 g/mol. The lowest BCUT2D eigenvalue weighted by atomic mass is 10.0. The fourth-order valence-electron chi connectivity index (χ4n) is 3.61. The molecule has 0 bridgehead atoms. The Kier molecular flexibility index (Phi) is 6.00. The molecule has 0 saturated carbocycles. The highest BCUT2D eigenvalue weighted by Crippen LogP contribution is 2.25. The number of amides is 1. The Hall–Kier alpha value is -2.14. The van der Waals surface area contributed by atoms with E-state index in [1.807, 2.05) is 23.1 Å². The number of carbonyl (C=O) groups excluding carboxylic acids is 1. The topological polar surface area (TPSA) is 54.5 Å². The molecule has 2 aromatic rings. The van der Waals surface area contributed by atoms with Crippen LogP contribution in [0.5, 0.6) is 0 Å². The molecule has 3 rings (SSSR count). The highest BCUT2D eigenvalue weighted by Gasteiger charge is 2.29. The molecule has 1 aliphatic rings. The van der Waals surface area contributed by atoms with Gasteiger partial charge in [0.1, 0.15) is 0 Å². The van der Waals surface area contributed by atoms with Crippen molar-refractivity contribution >= 4 is 15.7 Å². The molecule has 27 heavy (non-hydrogen) atoms. The largest absolute Gasteiger partial charge is 0.336 e. The van der Waals surface area contributed by atoms with Crippen molar-refractivity contribution in [3.05, 3.63) is 65.7 Å². The zero-order chi connectivity index (χ0) is 19.4. The summed E-state index contributed by atoms with van der Waals surface area (Å²) in [7, 11) is -3.31.